The maximum atomic E-state index is 11.0. The summed E-state index contributed by atoms with van der Waals surface area (Å²) in [4.78, 5) is 3.47. The number of likely N-dealkylation sites (N-methyl/N-ethyl adjacent to an activating group) is 1. The molecular formula is C39H29N2O2Y-. The van der Waals surface area contributed by atoms with Crippen molar-refractivity contribution in [1.29, 1.82) is 0 Å². The van der Waals surface area contributed by atoms with Gasteiger partial charge in [-0.15, -0.1) is 12.7 Å². The van der Waals surface area contributed by atoms with E-state index in [9.17, 15) is 5.11 Å². The molecule has 0 fully saturated rings. The summed E-state index contributed by atoms with van der Waals surface area (Å²) in [7, 11) is 1.74. The molecule has 1 unspecified atom stereocenters. The van der Waals surface area contributed by atoms with Crippen LogP contribution in [0, 0.1) is 0 Å². The molecule has 1 aliphatic rings. The van der Waals surface area contributed by atoms with Gasteiger partial charge in [0.1, 0.15) is 17.1 Å². The molecule has 44 heavy (non-hydrogen) atoms. The van der Waals surface area contributed by atoms with Crippen LogP contribution in [0.25, 0.3) is 65.4 Å². The SMILES string of the molecule is C[N-]C1=C(O)c2c(oc3ccccc23)CC1c1ccc2ccccc2c1.[Y].c1ccc2c(c1)ccc1[nH]c3ccccc3c12. The van der Waals surface area contributed by atoms with Gasteiger partial charge in [-0.3, -0.25) is 0 Å². The van der Waals surface area contributed by atoms with Crippen molar-refractivity contribution in [3.8, 4) is 0 Å². The van der Waals surface area contributed by atoms with Gasteiger partial charge in [0.2, 0.25) is 0 Å². The van der Waals surface area contributed by atoms with E-state index >= 15 is 0 Å². The van der Waals surface area contributed by atoms with Crippen LogP contribution in [0.1, 0.15) is 22.8 Å². The van der Waals surface area contributed by atoms with Gasteiger partial charge >= 0.3 is 0 Å². The molecule has 1 atom stereocenters. The number of aromatic nitrogens is 1. The molecule has 0 amide bonds. The first-order valence-corrected chi connectivity index (χ1v) is 14.6. The Kier molecular flexibility index (Phi) is 7.49. The van der Waals surface area contributed by atoms with Crippen molar-refractivity contribution in [2.45, 2.75) is 12.3 Å². The van der Waals surface area contributed by atoms with Crippen LogP contribution in [-0.2, 0) is 39.1 Å². The fraction of sp³-hybridized carbons (Fsp3) is 0.0769. The molecule has 0 spiro atoms. The Morgan fingerprint density at radius 2 is 1.34 bits per heavy atom. The number of rotatable bonds is 2. The summed E-state index contributed by atoms with van der Waals surface area (Å²) in [5.41, 5.74) is 5.88. The number of aromatic amines is 1. The molecule has 5 heteroatoms. The fourth-order valence-electron chi connectivity index (χ4n) is 6.66. The van der Waals surface area contributed by atoms with Gasteiger partial charge in [0.15, 0.2) is 0 Å². The Morgan fingerprint density at radius 1 is 0.682 bits per heavy atom. The third kappa shape index (κ3) is 4.70. The first-order chi connectivity index (χ1) is 21.2. The van der Waals surface area contributed by atoms with E-state index in [0.717, 1.165) is 33.6 Å². The maximum absolute atomic E-state index is 11.0. The van der Waals surface area contributed by atoms with Crippen LogP contribution in [0.15, 0.2) is 138 Å². The topological polar surface area (TPSA) is 63.3 Å². The normalized spacial score (nSPS) is 14.4. The summed E-state index contributed by atoms with van der Waals surface area (Å²) in [5.74, 6) is 1.05. The second-order valence-electron chi connectivity index (χ2n) is 11.1. The molecule has 0 aliphatic heterocycles. The monoisotopic (exact) mass is 646 g/mol. The van der Waals surface area contributed by atoms with Crippen molar-refractivity contribution < 1.29 is 42.2 Å². The van der Waals surface area contributed by atoms with E-state index in [-0.39, 0.29) is 44.4 Å². The number of aliphatic hydroxyl groups excluding tert-OH is 1. The number of hydrogen-bond acceptors (Lipinski definition) is 2. The number of fused-ring (bicyclic) bond motifs is 9. The molecule has 0 saturated carbocycles. The zero-order valence-electron chi connectivity index (χ0n) is 24.3. The summed E-state index contributed by atoms with van der Waals surface area (Å²) >= 11 is 0. The quantitative estimate of drug-likeness (QED) is 0.196. The van der Waals surface area contributed by atoms with E-state index in [1.807, 2.05) is 36.4 Å². The van der Waals surface area contributed by atoms with Crippen molar-refractivity contribution in [2.75, 3.05) is 7.05 Å². The molecule has 2 N–H and O–H groups in total. The van der Waals surface area contributed by atoms with Crippen molar-refractivity contribution >= 4 is 60.1 Å². The van der Waals surface area contributed by atoms with Gasteiger partial charge in [0.25, 0.3) is 0 Å². The van der Waals surface area contributed by atoms with E-state index in [0.29, 0.717) is 6.42 Å². The number of nitrogens with zero attached hydrogens (tertiary/aromatic N) is 1. The smallest absolute Gasteiger partial charge is 0.135 e. The van der Waals surface area contributed by atoms with Crippen LogP contribution in [0.3, 0.4) is 0 Å². The Balaban J connectivity index is 0.000000150. The molecule has 9 rings (SSSR count). The van der Waals surface area contributed by atoms with Crippen LogP contribution >= 0.6 is 0 Å². The van der Waals surface area contributed by atoms with Crippen LogP contribution in [0.5, 0.6) is 0 Å². The van der Waals surface area contributed by atoms with E-state index in [4.69, 9.17) is 4.42 Å². The average molecular weight is 647 g/mol. The number of aliphatic hydroxyl groups is 1. The molecule has 211 valence electrons. The Labute approximate surface area is 280 Å². The van der Waals surface area contributed by atoms with Gasteiger partial charge in [-0.1, -0.05) is 109 Å². The van der Waals surface area contributed by atoms with E-state index in [2.05, 4.69) is 101 Å². The molecule has 8 aromatic rings. The fourth-order valence-corrected chi connectivity index (χ4v) is 6.66. The predicted molar refractivity (Wildman–Crippen MR) is 179 cm³/mol. The van der Waals surface area contributed by atoms with Crippen molar-refractivity contribution in [3.05, 3.63) is 155 Å². The number of para-hydroxylation sites is 2. The van der Waals surface area contributed by atoms with Gasteiger partial charge in [0, 0.05) is 66.3 Å². The van der Waals surface area contributed by atoms with Crippen molar-refractivity contribution in [2.24, 2.45) is 0 Å². The van der Waals surface area contributed by atoms with E-state index < -0.39 is 0 Å². The molecule has 2 heterocycles. The summed E-state index contributed by atoms with van der Waals surface area (Å²) in [5, 5.41) is 24.0. The van der Waals surface area contributed by atoms with Crippen molar-refractivity contribution in [3.63, 3.8) is 0 Å². The minimum Gasteiger partial charge on any atom is -0.687 e. The first kappa shape index (κ1) is 28.4. The summed E-state index contributed by atoms with van der Waals surface area (Å²) in [6.45, 7) is 0. The van der Waals surface area contributed by atoms with Gasteiger partial charge in [-0.05, 0) is 51.2 Å². The standard InChI is InChI=1S/C23H18NO2.C16H11N.Y/c1-24-22-18(16-11-10-14-6-2-3-7-15(14)12-16)13-20-21(23(22)25)17-8-4-5-9-19(17)26-20;1-2-6-12-11(5-1)9-10-15-16(12)13-7-3-4-8-14(13)17-15;/h2-12,18,25H,13H2,1H3;1-10,17H;/q-1;;. The number of H-pyrrole nitrogens is 1. The average Bonchev–Trinajstić information content (AvgIpc) is 3.63. The zero-order chi connectivity index (χ0) is 28.9. The van der Waals surface area contributed by atoms with Gasteiger partial charge in [-0.25, -0.2) is 0 Å². The number of nitrogens with one attached hydrogen (secondary N) is 1. The van der Waals surface area contributed by atoms with E-state index in [1.165, 1.54) is 43.4 Å². The van der Waals surface area contributed by atoms with Gasteiger partial charge in [0.05, 0.1) is 5.56 Å². The zero-order valence-corrected chi connectivity index (χ0v) is 27.1. The maximum Gasteiger partial charge on any atom is 0.135 e. The summed E-state index contributed by atoms with van der Waals surface area (Å²) in [6, 6.07) is 43.9. The van der Waals surface area contributed by atoms with Gasteiger partial charge < -0.3 is 19.8 Å². The second-order valence-corrected chi connectivity index (χ2v) is 11.1. The molecule has 4 nitrogen and oxygen atoms in total. The van der Waals surface area contributed by atoms with E-state index in [1.54, 1.807) is 7.05 Å². The molecule has 0 bridgehead atoms. The number of furan rings is 1. The molecule has 0 saturated heterocycles. The Bertz CT molecular complexity index is 2340. The molecule has 1 radical (unpaired) electrons. The number of benzene rings is 6. The van der Waals surface area contributed by atoms with Crippen LogP contribution < -0.4 is 0 Å². The second kappa shape index (κ2) is 11.6. The molecular weight excluding hydrogens is 617 g/mol. The van der Waals surface area contributed by atoms with Crippen molar-refractivity contribution in [1.82, 2.24) is 4.98 Å². The molecule has 1 aliphatic carbocycles. The van der Waals surface area contributed by atoms with Gasteiger partial charge in [-0.2, -0.15) is 0 Å². The summed E-state index contributed by atoms with van der Waals surface area (Å²) in [6.07, 6.45) is 0.694. The predicted octanol–water partition coefficient (Wildman–Crippen LogP) is 10.6. The number of hydrogen-bond donors (Lipinski definition) is 2. The molecule has 2 aromatic heterocycles. The first-order valence-electron chi connectivity index (χ1n) is 14.6. The Morgan fingerprint density at radius 3 is 2.16 bits per heavy atom. The van der Waals surface area contributed by atoms with Crippen LogP contribution in [0.2, 0.25) is 0 Å². The largest absolute Gasteiger partial charge is 0.687 e. The minimum absolute atomic E-state index is 0. The van der Waals surface area contributed by atoms with Crippen LogP contribution in [-0.4, -0.2) is 17.1 Å². The third-order valence-corrected chi connectivity index (χ3v) is 8.68. The number of allylic oxidation sites excluding steroid dienone is 1. The molecule has 6 aromatic carbocycles. The third-order valence-electron chi connectivity index (χ3n) is 8.68. The minimum atomic E-state index is -0.0160. The Hall–Kier alpha value is -4.38. The summed E-state index contributed by atoms with van der Waals surface area (Å²) < 4.78 is 6.06. The van der Waals surface area contributed by atoms with Crippen LogP contribution in [0.4, 0.5) is 0 Å².